The van der Waals surface area contributed by atoms with E-state index in [4.69, 9.17) is 16.6 Å². The van der Waals surface area contributed by atoms with Crippen LogP contribution >= 0.6 is 23.4 Å². The van der Waals surface area contributed by atoms with Crippen LogP contribution in [0.1, 0.15) is 34.2 Å². The highest BCUT2D eigenvalue weighted by Gasteiger charge is 2.31. The lowest BCUT2D eigenvalue weighted by molar-refractivity contribution is 0.100. The Morgan fingerprint density at radius 3 is 2.50 bits per heavy atom. The Morgan fingerprint density at radius 1 is 1.17 bits per heavy atom. The number of amidine groups is 1. The van der Waals surface area contributed by atoms with Gasteiger partial charge in [0.05, 0.1) is 29.5 Å². The van der Waals surface area contributed by atoms with Crippen molar-refractivity contribution < 1.29 is 4.79 Å². The molecule has 0 fully saturated rings. The van der Waals surface area contributed by atoms with Gasteiger partial charge in [-0.3, -0.25) is 19.4 Å². The Hall–Kier alpha value is -2.57. The summed E-state index contributed by atoms with van der Waals surface area (Å²) in [7, 11) is 0. The van der Waals surface area contributed by atoms with Crippen molar-refractivity contribution in [2.45, 2.75) is 33.4 Å². The molecular weight excluding hydrogens is 416 g/mol. The van der Waals surface area contributed by atoms with Crippen molar-refractivity contribution in [2.24, 2.45) is 4.99 Å². The maximum absolute atomic E-state index is 13.8. The molecule has 1 amide bonds. The first-order valence-electron chi connectivity index (χ1n) is 9.82. The summed E-state index contributed by atoms with van der Waals surface area (Å²) in [6, 6.07) is 17.6. The van der Waals surface area contributed by atoms with Crippen LogP contribution in [0.4, 0.5) is 5.69 Å². The molecule has 1 aliphatic rings. The topological polar surface area (TPSA) is 50.5 Å². The number of nitrogens with zero attached hydrogens (tertiary/aromatic N) is 4. The van der Waals surface area contributed by atoms with Gasteiger partial charge in [0.1, 0.15) is 0 Å². The number of aryl methyl sites for hydroxylation is 1. The molecule has 0 N–H and O–H groups in total. The molecule has 2 aromatic carbocycles. The third kappa shape index (κ3) is 4.16. The predicted molar refractivity (Wildman–Crippen MR) is 125 cm³/mol. The highest BCUT2D eigenvalue weighted by Crippen LogP contribution is 2.29. The fourth-order valence-corrected chi connectivity index (χ4v) is 4.68. The number of carbonyl (C=O) groups excluding carboxylic acids is 1. The second kappa shape index (κ2) is 8.66. The monoisotopic (exact) mass is 438 g/mol. The van der Waals surface area contributed by atoms with Crippen molar-refractivity contribution in [3.63, 3.8) is 0 Å². The fourth-order valence-electron chi connectivity index (χ4n) is 3.51. The van der Waals surface area contributed by atoms with Crippen molar-refractivity contribution in [3.8, 4) is 0 Å². The van der Waals surface area contributed by atoms with Gasteiger partial charge in [-0.05, 0) is 50.6 Å². The van der Waals surface area contributed by atoms with Crippen LogP contribution in [-0.2, 0) is 6.54 Å². The number of aliphatic imine (C=N–C) groups is 1. The summed E-state index contributed by atoms with van der Waals surface area (Å²) >= 11 is 7.67. The Kier molecular flexibility index (Phi) is 5.97. The van der Waals surface area contributed by atoms with Crippen LogP contribution in [0, 0.1) is 13.8 Å². The molecule has 154 valence electrons. The van der Waals surface area contributed by atoms with E-state index in [9.17, 15) is 4.79 Å². The number of hydrogen-bond donors (Lipinski definition) is 0. The van der Waals surface area contributed by atoms with Gasteiger partial charge in [0, 0.05) is 16.5 Å². The average Bonchev–Trinajstić information content (AvgIpc) is 3.27. The summed E-state index contributed by atoms with van der Waals surface area (Å²) in [5.74, 6) is 0.741. The standard InChI is InChI=1S/C23H23ClN4OS/c1-15-14-30-23(25-15)28(20-11-9-19(24)10-12-20)22(29)21-16(2)26-27(17(21)3)13-18-7-5-4-6-8-18/h4-12,15H,13-14H2,1-3H3/t15-/m1/s1. The fraction of sp³-hybridized carbons (Fsp3) is 0.261. The van der Waals surface area contributed by atoms with Gasteiger partial charge in [0.2, 0.25) is 0 Å². The highest BCUT2D eigenvalue weighted by atomic mass is 35.5. The molecule has 0 bridgehead atoms. The molecule has 30 heavy (non-hydrogen) atoms. The maximum Gasteiger partial charge on any atom is 0.268 e. The van der Waals surface area contributed by atoms with Crippen LogP contribution < -0.4 is 4.90 Å². The summed E-state index contributed by atoms with van der Waals surface area (Å²) in [5, 5.41) is 6.00. The maximum atomic E-state index is 13.8. The number of rotatable bonds is 4. The molecule has 0 spiro atoms. The summed E-state index contributed by atoms with van der Waals surface area (Å²) in [6.07, 6.45) is 0. The van der Waals surface area contributed by atoms with Crippen LogP contribution in [0.2, 0.25) is 5.02 Å². The van der Waals surface area contributed by atoms with Gasteiger partial charge in [-0.1, -0.05) is 53.7 Å². The Bertz CT molecular complexity index is 1090. The SMILES string of the molecule is Cc1nn(Cc2ccccc2)c(C)c1C(=O)N(C1=N[C@H](C)CS1)c1ccc(Cl)cc1. The normalized spacial score (nSPS) is 15.9. The predicted octanol–water partition coefficient (Wildman–Crippen LogP) is 5.34. The first-order valence-corrected chi connectivity index (χ1v) is 11.2. The summed E-state index contributed by atoms with van der Waals surface area (Å²) in [6.45, 7) is 6.50. The minimum absolute atomic E-state index is 0.119. The largest absolute Gasteiger partial charge is 0.268 e. The summed E-state index contributed by atoms with van der Waals surface area (Å²) < 4.78 is 1.89. The number of thioether (sulfide) groups is 1. The molecule has 7 heteroatoms. The van der Waals surface area contributed by atoms with Gasteiger partial charge in [-0.2, -0.15) is 5.10 Å². The highest BCUT2D eigenvalue weighted by molar-refractivity contribution is 8.14. The van der Waals surface area contributed by atoms with E-state index in [0.29, 0.717) is 28.0 Å². The van der Waals surface area contributed by atoms with Crippen molar-refractivity contribution >= 4 is 40.1 Å². The molecule has 0 unspecified atom stereocenters. The van der Waals surface area contributed by atoms with Crippen LogP contribution in [0.25, 0.3) is 0 Å². The second-order valence-electron chi connectivity index (χ2n) is 7.38. The number of carbonyl (C=O) groups is 1. The number of benzene rings is 2. The number of halogens is 1. The zero-order valence-corrected chi connectivity index (χ0v) is 18.7. The van der Waals surface area contributed by atoms with Crippen LogP contribution in [0.3, 0.4) is 0 Å². The smallest absolute Gasteiger partial charge is 0.268 e. The molecule has 1 atom stereocenters. The minimum atomic E-state index is -0.119. The minimum Gasteiger partial charge on any atom is -0.268 e. The molecule has 0 saturated heterocycles. The van der Waals surface area contributed by atoms with Gasteiger partial charge in [0.15, 0.2) is 5.17 Å². The first-order chi connectivity index (χ1) is 14.4. The van der Waals surface area contributed by atoms with Crippen LogP contribution in [-0.4, -0.2) is 32.7 Å². The molecular formula is C23H23ClN4OS. The molecule has 4 rings (SSSR count). The molecule has 0 radical (unpaired) electrons. The van der Waals surface area contributed by atoms with Crippen molar-refractivity contribution in [1.82, 2.24) is 9.78 Å². The lowest BCUT2D eigenvalue weighted by Gasteiger charge is -2.22. The van der Waals surface area contributed by atoms with Crippen LogP contribution in [0.15, 0.2) is 59.6 Å². The van der Waals surface area contributed by atoms with E-state index >= 15 is 0 Å². The molecule has 1 aliphatic heterocycles. The third-order valence-electron chi connectivity index (χ3n) is 5.03. The van der Waals surface area contributed by atoms with E-state index in [-0.39, 0.29) is 11.9 Å². The van der Waals surface area contributed by atoms with Gasteiger partial charge in [-0.15, -0.1) is 0 Å². The quantitative estimate of drug-likeness (QED) is 0.552. The molecule has 0 aliphatic carbocycles. The lowest BCUT2D eigenvalue weighted by Crippen LogP contribution is -2.35. The van der Waals surface area contributed by atoms with E-state index in [2.05, 4.69) is 24.2 Å². The van der Waals surface area contributed by atoms with E-state index in [1.54, 1.807) is 28.8 Å². The van der Waals surface area contributed by atoms with E-state index in [1.165, 1.54) is 0 Å². The van der Waals surface area contributed by atoms with Gasteiger partial charge >= 0.3 is 0 Å². The van der Waals surface area contributed by atoms with E-state index < -0.39 is 0 Å². The Labute approximate surface area is 185 Å². The third-order valence-corrected chi connectivity index (χ3v) is 6.48. The molecule has 0 saturated carbocycles. The second-order valence-corrected chi connectivity index (χ2v) is 8.80. The first kappa shape index (κ1) is 20.7. The van der Waals surface area contributed by atoms with Gasteiger partial charge in [0.25, 0.3) is 5.91 Å². The Morgan fingerprint density at radius 2 is 1.87 bits per heavy atom. The van der Waals surface area contributed by atoms with Crippen molar-refractivity contribution in [2.75, 3.05) is 10.7 Å². The van der Waals surface area contributed by atoms with Crippen LogP contribution in [0.5, 0.6) is 0 Å². The van der Waals surface area contributed by atoms with E-state index in [0.717, 1.165) is 22.7 Å². The molecule has 5 nitrogen and oxygen atoms in total. The number of aromatic nitrogens is 2. The molecule has 3 aromatic rings. The molecule has 1 aromatic heterocycles. The number of amides is 1. The van der Waals surface area contributed by atoms with Crippen molar-refractivity contribution in [1.29, 1.82) is 0 Å². The number of anilines is 1. The zero-order chi connectivity index (χ0) is 21.3. The lowest BCUT2D eigenvalue weighted by atomic mass is 10.1. The van der Waals surface area contributed by atoms with E-state index in [1.807, 2.05) is 48.9 Å². The molecule has 2 heterocycles. The average molecular weight is 439 g/mol. The zero-order valence-electron chi connectivity index (χ0n) is 17.2. The van der Waals surface area contributed by atoms with Gasteiger partial charge in [-0.25, -0.2) is 0 Å². The van der Waals surface area contributed by atoms with Crippen molar-refractivity contribution in [3.05, 3.63) is 82.1 Å². The van der Waals surface area contributed by atoms with Gasteiger partial charge < -0.3 is 0 Å². The summed E-state index contributed by atoms with van der Waals surface area (Å²) in [5.41, 5.74) is 4.06. The summed E-state index contributed by atoms with van der Waals surface area (Å²) in [4.78, 5) is 20.2. The Balaban J connectivity index is 1.73. The number of hydrogen-bond acceptors (Lipinski definition) is 4.